The molecule has 2 aromatic rings. The normalized spacial score (nSPS) is 10.8. The largest absolute Gasteiger partial charge is 0.497 e. The van der Waals surface area contributed by atoms with Gasteiger partial charge in [-0.1, -0.05) is 12.1 Å². The van der Waals surface area contributed by atoms with E-state index in [1.807, 2.05) is 12.1 Å². The summed E-state index contributed by atoms with van der Waals surface area (Å²) in [6, 6.07) is 12.9. The second kappa shape index (κ2) is 7.74. The van der Waals surface area contributed by atoms with E-state index in [0.29, 0.717) is 11.3 Å². The van der Waals surface area contributed by atoms with Crippen molar-refractivity contribution in [2.45, 2.75) is 0 Å². The van der Waals surface area contributed by atoms with Crippen LogP contribution in [0.15, 0.2) is 48.0 Å². The van der Waals surface area contributed by atoms with Crippen LogP contribution in [0, 0.1) is 20.7 Å². The Hall–Kier alpha value is -2.40. The van der Waals surface area contributed by atoms with E-state index >= 15 is 0 Å². The minimum Gasteiger partial charge on any atom is -0.497 e. The number of carbonyl (C=O) groups is 1. The van der Waals surface area contributed by atoms with Gasteiger partial charge in [-0.25, -0.2) is 4.39 Å². The summed E-state index contributed by atoms with van der Waals surface area (Å²) in [5, 5.41) is 11.6. The minimum atomic E-state index is -0.671. The average Bonchev–Trinajstić information content (AvgIpc) is 2.54. The highest BCUT2D eigenvalue weighted by Gasteiger charge is 2.12. The van der Waals surface area contributed by atoms with Gasteiger partial charge >= 0.3 is 0 Å². The predicted molar refractivity (Wildman–Crippen MR) is 94.3 cm³/mol. The molecule has 1 amide bonds. The summed E-state index contributed by atoms with van der Waals surface area (Å²) >= 11 is 2.11. The summed E-state index contributed by atoms with van der Waals surface area (Å²) in [5.41, 5.74) is 0.546. The van der Waals surface area contributed by atoms with Crippen LogP contribution < -0.4 is 10.1 Å². The molecular weight excluding hydrogens is 410 g/mol. The fraction of sp³-hybridized carbons (Fsp3) is 0.0588. The summed E-state index contributed by atoms with van der Waals surface area (Å²) in [7, 11) is 1.54. The number of nitriles is 1. The van der Waals surface area contributed by atoms with Crippen LogP contribution in [0.5, 0.6) is 5.75 Å². The molecule has 0 saturated carbocycles. The fourth-order valence-electron chi connectivity index (χ4n) is 1.85. The molecule has 0 aliphatic heterocycles. The van der Waals surface area contributed by atoms with Gasteiger partial charge in [-0.05, 0) is 64.6 Å². The summed E-state index contributed by atoms with van der Waals surface area (Å²) in [5.74, 6) is -0.612. The molecule has 0 aliphatic rings. The Morgan fingerprint density at radius 2 is 2.09 bits per heavy atom. The SMILES string of the molecule is COc1cc(I)cc(/C=C(\C#N)C(=O)Nc2ccccc2F)c1. The van der Waals surface area contributed by atoms with Gasteiger partial charge in [0.25, 0.3) is 5.91 Å². The van der Waals surface area contributed by atoms with Crippen molar-refractivity contribution in [2.24, 2.45) is 0 Å². The highest BCUT2D eigenvalue weighted by Crippen LogP contribution is 2.21. The third-order valence-electron chi connectivity index (χ3n) is 2.93. The summed E-state index contributed by atoms with van der Waals surface area (Å²) in [4.78, 5) is 12.1. The van der Waals surface area contributed by atoms with Crippen LogP contribution in [0.3, 0.4) is 0 Å². The van der Waals surface area contributed by atoms with Crippen LogP contribution in [0.4, 0.5) is 10.1 Å². The molecule has 1 N–H and O–H groups in total. The Kier molecular flexibility index (Phi) is 5.71. The van der Waals surface area contributed by atoms with Crippen molar-refractivity contribution >= 4 is 40.3 Å². The van der Waals surface area contributed by atoms with Crippen LogP contribution in [-0.2, 0) is 4.79 Å². The molecule has 0 saturated heterocycles. The minimum absolute atomic E-state index is 0.0267. The van der Waals surface area contributed by atoms with Crippen molar-refractivity contribution in [3.05, 3.63) is 63.0 Å². The number of anilines is 1. The number of nitrogens with zero attached hydrogens (tertiary/aromatic N) is 1. The zero-order valence-electron chi connectivity index (χ0n) is 12.1. The predicted octanol–water partition coefficient (Wildman–Crippen LogP) is 3.98. The fourth-order valence-corrected chi connectivity index (χ4v) is 2.52. The van der Waals surface area contributed by atoms with E-state index < -0.39 is 11.7 Å². The molecular formula is C17H12FIN2O2. The number of benzene rings is 2. The van der Waals surface area contributed by atoms with E-state index in [1.54, 1.807) is 18.2 Å². The lowest BCUT2D eigenvalue weighted by atomic mass is 10.1. The molecule has 4 nitrogen and oxygen atoms in total. The molecule has 0 aromatic heterocycles. The molecule has 0 spiro atoms. The number of para-hydroxylation sites is 1. The summed E-state index contributed by atoms with van der Waals surface area (Å²) < 4.78 is 19.6. The zero-order valence-corrected chi connectivity index (χ0v) is 14.3. The first-order chi connectivity index (χ1) is 11.0. The van der Waals surface area contributed by atoms with Gasteiger partial charge < -0.3 is 10.1 Å². The van der Waals surface area contributed by atoms with Gasteiger partial charge in [-0.2, -0.15) is 5.26 Å². The first kappa shape index (κ1) is 17.0. The second-order valence-electron chi connectivity index (χ2n) is 4.53. The first-order valence-electron chi connectivity index (χ1n) is 6.55. The maximum absolute atomic E-state index is 13.6. The number of rotatable bonds is 4. The summed E-state index contributed by atoms with van der Waals surface area (Å²) in [6.07, 6.45) is 1.43. The number of ether oxygens (including phenoxy) is 1. The maximum atomic E-state index is 13.6. The van der Waals surface area contributed by atoms with Gasteiger partial charge in [0.15, 0.2) is 0 Å². The number of halogens is 2. The Morgan fingerprint density at radius 1 is 1.35 bits per heavy atom. The Bertz CT molecular complexity index is 812. The van der Waals surface area contributed by atoms with Crippen molar-refractivity contribution in [1.82, 2.24) is 0 Å². The number of hydrogen-bond acceptors (Lipinski definition) is 3. The molecule has 23 heavy (non-hydrogen) atoms. The Balaban J connectivity index is 2.29. The maximum Gasteiger partial charge on any atom is 0.266 e. The van der Waals surface area contributed by atoms with Crippen LogP contribution >= 0.6 is 22.6 Å². The van der Waals surface area contributed by atoms with Crippen molar-refractivity contribution < 1.29 is 13.9 Å². The van der Waals surface area contributed by atoms with Crippen molar-refractivity contribution in [2.75, 3.05) is 12.4 Å². The van der Waals surface area contributed by atoms with Crippen LogP contribution in [0.25, 0.3) is 6.08 Å². The molecule has 0 fully saturated rings. The topological polar surface area (TPSA) is 62.1 Å². The van der Waals surface area contributed by atoms with E-state index in [2.05, 4.69) is 27.9 Å². The van der Waals surface area contributed by atoms with Gasteiger partial charge in [-0.3, -0.25) is 4.79 Å². The molecule has 6 heteroatoms. The van der Waals surface area contributed by atoms with Crippen LogP contribution in [0.2, 0.25) is 0 Å². The standard InChI is InChI=1S/C17H12FIN2O2/c1-23-14-8-11(7-13(19)9-14)6-12(10-20)17(22)21-16-5-3-2-4-15(16)18/h2-9H,1H3,(H,21,22)/b12-6+. The summed E-state index contributed by atoms with van der Waals surface area (Å²) in [6.45, 7) is 0. The lowest BCUT2D eigenvalue weighted by molar-refractivity contribution is -0.112. The van der Waals surface area contributed by atoms with E-state index in [0.717, 1.165) is 3.57 Å². The highest BCUT2D eigenvalue weighted by molar-refractivity contribution is 14.1. The molecule has 0 radical (unpaired) electrons. The monoisotopic (exact) mass is 422 g/mol. The second-order valence-corrected chi connectivity index (χ2v) is 5.77. The number of amides is 1. The van der Waals surface area contributed by atoms with E-state index in [-0.39, 0.29) is 11.3 Å². The number of methoxy groups -OCH3 is 1. The molecule has 2 rings (SSSR count). The van der Waals surface area contributed by atoms with Crippen molar-refractivity contribution in [3.8, 4) is 11.8 Å². The van der Waals surface area contributed by atoms with Crippen molar-refractivity contribution in [3.63, 3.8) is 0 Å². The Labute approximate surface area is 146 Å². The average molecular weight is 422 g/mol. The highest BCUT2D eigenvalue weighted by atomic mass is 127. The molecule has 116 valence electrons. The van der Waals surface area contributed by atoms with E-state index in [4.69, 9.17) is 4.74 Å². The first-order valence-corrected chi connectivity index (χ1v) is 7.63. The van der Waals surface area contributed by atoms with E-state index in [1.165, 1.54) is 31.4 Å². The smallest absolute Gasteiger partial charge is 0.266 e. The molecule has 0 bridgehead atoms. The number of carbonyl (C=O) groups excluding carboxylic acids is 1. The van der Waals surface area contributed by atoms with Gasteiger partial charge in [0, 0.05) is 3.57 Å². The molecule has 0 atom stereocenters. The molecule has 2 aromatic carbocycles. The number of hydrogen-bond donors (Lipinski definition) is 1. The molecule has 0 unspecified atom stereocenters. The number of nitrogens with one attached hydrogen (secondary N) is 1. The zero-order chi connectivity index (χ0) is 16.8. The van der Waals surface area contributed by atoms with Gasteiger partial charge in [0.1, 0.15) is 23.2 Å². The van der Waals surface area contributed by atoms with Crippen LogP contribution in [0.1, 0.15) is 5.56 Å². The van der Waals surface area contributed by atoms with Crippen molar-refractivity contribution in [1.29, 1.82) is 5.26 Å². The van der Waals surface area contributed by atoms with E-state index in [9.17, 15) is 14.4 Å². The quantitative estimate of drug-likeness (QED) is 0.461. The lowest BCUT2D eigenvalue weighted by Crippen LogP contribution is -2.14. The third kappa shape index (κ3) is 4.53. The van der Waals surface area contributed by atoms with Gasteiger partial charge in [0.05, 0.1) is 12.8 Å². The lowest BCUT2D eigenvalue weighted by Gasteiger charge is -2.06. The van der Waals surface area contributed by atoms with Gasteiger partial charge in [0.2, 0.25) is 0 Å². The van der Waals surface area contributed by atoms with Crippen LogP contribution in [-0.4, -0.2) is 13.0 Å². The Morgan fingerprint density at radius 3 is 2.74 bits per heavy atom. The third-order valence-corrected chi connectivity index (χ3v) is 3.55. The van der Waals surface area contributed by atoms with Gasteiger partial charge in [-0.15, -0.1) is 0 Å². The molecule has 0 aliphatic carbocycles. The molecule has 0 heterocycles.